The maximum absolute atomic E-state index is 14.3. The van der Waals surface area contributed by atoms with Gasteiger partial charge in [-0.25, -0.2) is 13.9 Å². The van der Waals surface area contributed by atoms with Gasteiger partial charge in [-0.15, -0.1) is 6.42 Å². The van der Waals surface area contributed by atoms with Gasteiger partial charge in [-0.1, -0.05) is 5.92 Å². The first-order valence-corrected chi connectivity index (χ1v) is 7.99. The predicted molar refractivity (Wildman–Crippen MR) is 92.0 cm³/mol. The van der Waals surface area contributed by atoms with E-state index in [0.717, 1.165) is 12.0 Å². The third-order valence-electron chi connectivity index (χ3n) is 4.07. The number of anilines is 1. The third kappa shape index (κ3) is 3.98. The maximum Gasteiger partial charge on any atom is 0.320 e. The van der Waals surface area contributed by atoms with Crippen LogP contribution < -0.4 is 10.6 Å². The van der Waals surface area contributed by atoms with Gasteiger partial charge in [0, 0.05) is 24.4 Å². The summed E-state index contributed by atoms with van der Waals surface area (Å²) in [4.78, 5) is 12.1. The van der Waals surface area contributed by atoms with E-state index in [1.165, 1.54) is 10.7 Å². The highest BCUT2D eigenvalue weighted by atomic mass is 19.1. The van der Waals surface area contributed by atoms with E-state index >= 15 is 0 Å². The van der Waals surface area contributed by atoms with E-state index in [1.54, 1.807) is 24.5 Å². The molecule has 25 heavy (non-hydrogen) atoms. The normalized spacial score (nSPS) is 17.7. The fraction of sp³-hybridized carbons (Fsp3) is 0.333. The van der Waals surface area contributed by atoms with Gasteiger partial charge in [0.15, 0.2) is 5.82 Å². The van der Waals surface area contributed by atoms with Crippen molar-refractivity contribution in [2.24, 2.45) is 5.92 Å². The Morgan fingerprint density at radius 2 is 2.40 bits per heavy atom. The molecule has 0 spiro atoms. The minimum atomic E-state index is -0.487. The van der Waals surface area contributed by atoms with Crippen LogP contribution in [0.5, 0.6) is 0 Å². The highest BCUT2D eigenvalue weighted by Crippen LogP contribution is 2.19. The average molecular weight is 342 g/mol. The molecular formula is C18H19FN4O2. The molecule has 2 amide bonds. The van der Waals surface area contributed by atoms with E-state index in [4.69, 9.17) is 11.2 Å². The molecule has 1 fully saturated rings. The van der Waals surface area contributed by atoms with Crippen molar-refractivity contribution in [2.45, 2.75) is 19.4 Å². The van der Waals surface area contributed by atoms with E-state index in [9.17, 15) is 9.18 Å². The number of rotatable bonds is 4. The minimum absolute atomic E-state index is 0.0953. The first kappa shape index (κ1) is 17.0. The summed E-state index contributed by atoms with van der Waals surface area (Å²) in [5.41, 5.74) is 1.57. The molecule has 1 aromatic heterocycles. The molecule has 2 aromatic rings. The van der Waals surface area contributed by atoms with Gasteiger partial charge in [-0.3, -0.25) is 0 Å². The van der Waals surface area contributed by atoms with E-state index in [-0.39, 0.29) is 5.92 Å². The van der Waals surface area contributed by atoms with E-state index in [1.807, 2.05) is 6.92 Å². The predicted octanol–water partition coefficient (Wildman–Crippen LogP) is 2.48. The largest absolute Gasteiger partial charge is 0.381 e. The molecule has 130 valence electrons. The average Bonchev–Trinajstić information content (AvgIpc) is 3.24. The SMILES string of the molecule is C#C[C@@H](NC(=O)Nc1ccc(-n2cc(C)cn2)c(F)c1)[C@H]1CCOC1. The molecule has 0 unspecified atom stereocenters. The van der Waals surface area contributed by atoms with Crippen molar-refractivity contribution >= 4 is 11.7 Å². The van der Waals surface area contributed by atoms with Gasteiger partial charge >= 0.3 is 6.03 Å². The summed E-state index contributed by atoms with van der Waals surface area (Å²) in [5.74, 6) is 2.18. The van der Waals surface area contributed by atoms with Crippen LogP contribution in [0.3, 0.4) is 0 Å². The Hall–Kier alpha value is -2.85. The summed E-state index contributed by atoms with van der Waals surface area (Å²) < 4.78 is 21.0. The third-order valence-corrected chi connectivity index (χ3v) is 4.07. The molecular weight excluding hydrogens is 323 g/mol. The van der Waals surface area contributed by atoms with Gasteiger partial charge in [-0.2, -0.15) is 5.10 Å². The number of ether oxygens (including phenoxy) is 1. The van der Waals surface area contributed by atoms with Crippen molar-refractivity contribution < 1.29 is 13.9 Å². The number of terminal acetylenes is 1. The van der Waals surface area contributed by atoms with Gasteiger partial charge in [0.25, 0.3) is 0 Å². The lowest BCUT2D eigenvalue weighted by molar-refractivity contribution is 0.181. The molecule has 2 N–H and O–H groups in total. The fourth-order valence-electron chi connectivity index (χ4n) is 2.73. The van der Waals surface area contributed by atoms with Gasteiger partial charge in [0.05, 0.1) is 18.8 Å². The van der Waals surface area contributed by atoms with Crippen molar-refractivity contribution in [2.75, 3.05) is 18.5 Å². The van der Waals surface area contributed by atoms with Crippen molar-refractivity contribution in [1.29, 1.82) is 0 Å². The standard InChI is InChI=1S/C18H19FN4O2/c1-3-16(13-6-7-25-11-13)22-18(24)21-14-4-5-17(15(19)8-14)23-10-12(2)9-20-23/h1,4-5,8-10,13,16H,6-7,11H2,2H3,(H2,21,22,24)/t13-,16+/m0/s1. The highest BCUT2D eigenvalue weighted by Gasteiger charge is 2.25. The second-order valence-electron chi connectivity index (χ2n) is 5.99. The zero-order valence-corrected chi connectivity index (χ0v) is 13.8. The van der Waals surface area contributed by atoms with Gasteiger partial charge in [-0.05, 0) is 37.1 Å². The molecule has 0 radical (unpaired) electrons. The van der Waals surface area contributed by atoms with Crippen LogP contribution in [0, 0.1) is 31.0 Å². The van der Waals surface area contributed by atoms with E-state index in [0.29, 0.717) is 24.6 Å². The smallest absolute Gasteiger partial charge is 0.320 e. The van der Waals surface area contributed by atoms with Crippen molar-refractivity contribution in [1.82, 2.24) is 15.1 Å². The number of nitrogens with one attached hydrogen (secondary N) is 2. The van der Waals surface area contributed by atoms with Crippen molar-refractivity contribution in [3.8, 4) is 18.0 Å². The fourth-order valence-corrected chi connectivity index (χ4v) is 2.73. The number of aryl methyl sites for hydroxylation is 1. The summed E-state index contributed by atoms with van der Waals surface area (Å²) in [6.45, 7) is 3.05. The molecule has 7 heteroatoms. The number of amides is 2. The molecule has 6 nitrogen and oxygen atoms in total. The molecule has 1 aliphatic rings. The number of benzene rings is 1. The van der Waals surface area contributed by atoms with Gasteiger partial charge in [0.2, 0.25) is 0 Å². The summed E-state index contributed by atoms with van der Waals surface area (Å²) in [5, 5.41) is 9.39. The van der Waals surface area contributed by atoms with E-state index < -0.39 is 17.9 Å². The van der Waals surface area contributed by atoms with Crippen molar-refractivity contribution in [3.63, 3.8) is 0 Å². The number of nitrogens with zero attached hydrogens (tertiary/aromatic N) is 2. The Morgan fingerprint density at radius 1 is 1.56 bits per heavy atom. The van der Waals surface area contributed by atoms with Crippen LogP contribution in [0.25, 0.3) is 5.69 Å². The molecule has 3 rings (SSSR count). The first-order chi connectivity index (χ1) is 12.1. The maximum atomic E-state index is 14.3. The van der Waals surface area contributed by atoms with Crippen LogP contribution in [-0.2, 0) is 4.74 Å². The molecule has 1 aromatic carbocycles. The quantitative estimate of drug-likeness (QED) is 0.839. The van der Waals surface area contributed by atoms with E-state index in [2.05, 4.69) is 21.7 Å². The number of hydrogen-bond acceptors (Lipinski definition) is 3. The summed E-state index contributed by atoms with van der Waals surface area (Å²) >= 11 is 0. The Balaban J connectivity index is 1.65. The molecule has 0 bridgehead atoms. The minimum Gasteiger partial charge on any atom is -0.381 e. The molecule has 0 saturated carbocycles. The van der Waals surface area contributed by atoms with Crippen LogP contribution in [0.15, 0.2) is 30.6 Å². The van der Waals surface area contributed by atoms with Crippen LogP contribution in [-0.4, -0.2) is 35.1 Å². The Bertz CT molecular complexity index is 806. The number of carbonyl (C=O) groups is 1. The number of carbonyl (C=O) groups excluding carboxylic acids is 1. The van der Waals surface area contributed by atoms with Crippen LogP contribution in [0.2, 0.25) is 0 Å². The Morgan fingerprint density at radius 3 is 3.00 bits per heavy atom. The molecule has 0 aliphatic carbocycles. The second-order valence-corrected chi connectivity index (χ2v) is 5.99. The van der Waals surface area contributed by atoms with Crippen LogP contribution in [0.4, 0.5) is 14.9 Å². The topological polar surface area (TPSA) is 68.2 Å². The summed E-state index contributed by atoms with van der Waals surface area (Å²) in [7, 11) is 0. The van der Waals surface area contributed by atoms with Gasteiger partial charge in [0.1, 0.15) is 5.69 Å². The zero-order valence-electron chi connectivity index (χ0n) is 13.8. The van der Waals surface area contributed by atoms with Crippen LogP contribution in [0.1, 0.15) is 12.0 Å². The second kappa shape index (κ2) is 7.36. The summed E-state index contributed by atoms with van der Waals surface area (Å²) in [6.07, 6.45) is 9.66. The Labute approximate surface area is 145 Å². The lowest BCUT2D eigenvalue weighted by Crippen LogP contribution is -2.42. The van der Waals surface area contributed by atoms with Crippen LogP contribution >= 0.6 is 0 Å². The first-order valence-electron chi connectivity index (χ1n) is 7.99. The monoisotopic (exact) mass is 342 g/mol. The number of urea groups is 1. The molecule has 1 aliphatic heterocycles. The van der Waals surface area contributed by atoms with Gasteiger partial charge < -0.3 is 15.4 Å². The lowest BCUT2D eigenvalue weighted by Gasteiger charge is -2.18. The Kier molecular flexibility index (Phi) is 5.00. The molecule has 2 atom stereocenters. The molecule has 1 saturated heterocycles. The zero-order chi connectivity index (χ0) is 17.8. The lowest BCUT2D eigenvalue weighted by atomic mass is 10.00. The highest BCUT2D eigenvalue weighted by molar-refractivity contribution is 5.89. The number of aromatic nitrogens is 2. The number of halogens is 1. The summed E-state index contributed by atoms with van der Waals surface area (Å²) in [6, 6.07) is 3.52. The molecule has 2 heterocycles. The van der Waals surface area contributed by atoms with Crippen molar-refractivity contribution in [3.05, 3.63) is 42.0 Å². The number of hydrogen-bond donors (Lipinski definition) is 2.